The normalized spacial score (nSPS) is 24.1. The zero-order valence-corrected chi connectivity index (χ0v) is 11.8. The molecule has 0 bridgehead atoms. The number of aliphatic hydroxyl groups is 1. The molecule has 0 amide bonds. The lowest BCUT2D eigenvalue weighted by molar-refractivity contribution is 0.287. The lowest BCUT2D eigenvalue weighted by Gasteiger charge is -2.32. The number of benzene rings is 1. The third-order valence-corrected chi connectivity index (χ3v) is 4.70. The van der Waals surface area contributed by atoms with Crippen LogP contribution in [0.3, 0.4) is 0 Å². The van der Waals surface area contributed by atoms with E-state index in [4.69, 9.17) is 0 Å². The third-order valence-electron chi connectivity index (χ3n) is 3.25. The van der Waals surface area contributed by atoms with E-state index in [-0.39, 0.29) is 17.3 Å². The first-order valence-electron chi connectivity index (χ1n) is 6.10. The molecule has 3 heteroatoms. The average Bonchev–Trinajstić information content (AvgIpc) is 2.26. The molecule has 0 fully saturated rings. The number of aliphatic hydroxyl groups excluding tert-OH is 1. The van der Waals surface area contributed by atoms with Gasteiger partial charge in [-0.1, -0.05) is 26.8 Å². The van der Waals surface area contributed by atoms with Crippen molar-refractivity contribution in [1.82, 2.24) is 0 Å². The van der Waals surface area contributed by atoms with E-state index in [1.54, 1.807) is 11.8 Å². The molecule has 17 heavy (non-hydrogen) atoms. The SMILES string of the molecule is CC1Nc2ccc(C(C)(C)C)cc2SC1CO. The molecule has 0 saturated heterocycles. The average molecular weight is 251 g/mol. The summed E-state index contributed by atoms with van der Waals surface area (Å²) in [5.74, 6) is 0. The van der Waals surface area contributed by atoms with Gasteiger partial charge in [-0.05, 0) is 30.0 Å². The van der Waals surface area contributed by atoms with Gasteiger partial charge in [0.25, 0.3) is 0 Å². The minimum atomic E-state index is 0.174. The van der Waals surface area contributed by atoms with Crippen LogP contribution in [0.2, 0.25) is 0 Å². The Morgan fingerprint density at radius 2 is 2.06 bits per heavy atom. The van der Waals surface area contributed by atoms with Gasteiger partial charge in [0.15, 0.2) is 0 Å². The van der Waals surface area contributed by atoms with E-state index >= 15 is 0 Å². The monoisotopic (exact) mass is 251 g/mol. The third kappa shape index (κ3) is 2.61. The van der Waals surface area contributed by atoms with Crippen LogP contribution in [-0.2, 0) is 5.41 Å². The molecule has 0 aromatic heterocycles. The van der Waals surface area contributed by atoms with E-state index in [9.17, 15) is 5.11 Å². The molecular weight excluding hydrogens is 230 g/mol. The van der Waals surface area contributed by atoms with Gasteiger partial charge in [-0.25, -0.2) is 0 Å². The fourth-order valence-corrected chi connectivity index (χ4v) is 3.13. The van der Waals surface area contributed by atoms with E-state index in [0.717, 1.165) is 0 Å². The van der Waals surface area contributed by atoms with Crippen LogP contribution < -0.4 is 5.32 Å². The summed E-state index contributed by atoms with van der Waals surface area (Å²) < 4.78 is 0. The number of hydrogen-bond donors (Lipinski definition) is 2. The molecule has 2 nitrogen and oxygen atoms in total. The Bertz CT molecular complexity index is 411. The molecule has 1 heterocycles. The van der Waals surface area contributed by atoms with Crippen LogP contribution in [0.15, 0.2) is 23.1 Å². The largest absolute Gasteiger partial charge is 0.395 e. The molecule has 2 N–H and O–H groups in total. The van der Waals surface area contributed by atoms with Crippen LogP contribution in [0.25, 0.3) is 0 Å². The van der Waals surface area contributed by atoms with Gasteiger partial charge in [-0.2, -0.15) is 0 Å². The standard InChI is InChI=1S/C14H21NOS/c1-9-13(8-16)17-12-7-10(14(2,3)4)5-6-11(12)15-9/h5-7,9,13,15-16H,8H2,1-4H3. The molecule has 1 aromatic rings. The molecule has 0 radical (unpaired) electrons. The molecule has 1 aliphatic rings. The Hall–Kier alpha value is -0.670. The van der Waals surface area contributed by atoms with Crippen molar-refractivity contribution in [3.05, 3.63) is 23.8 Å². The molecule has 0 spiro atoms. The number of rotatable bonds is 1. The number of nitrogens with one attached hydrogen (secondary N) is 1. The summed E-state index contributed by atoms with van der Waals surface area (Å²) >= 11 is 1.78. The maximum Gasteiger partial charge on any atom is 0.0573 e. The maximum atomic E-state index is 9.36. The zero-order chi connectivity index (χ0) is 12.6. The van der Waals surface area contributed by atoms with Gasteiger partial charge in [0.1, 0.15) is 0 Å². The molecular formula is C14H21NOS. The Labute approximate surface area is 108 Å². The smallest absolute Gasteiger partial charge is 0.0573 e. The van der Waals surface area contributed by atoms with Gasteiger partial charge < -0.3 is 10.4 Å². The van der Waals surface area contributed by atoms with Crippen molar-refractivity contribution in [2.75, 3.05) is 11.9 Å². The van der Waals surface area contributed by atoms with Crippen LogP contribution in [0.4, 0.5) is 5.69 Å². The second-order valence-corrected chi connectivity index (χ2v) is 7.01. The van der Waals surface area contributed by atoms with Crippen LogP contribution in [0, 0.1) is 0 Å². The van der Waals surface area contributed by atoms with E-state index in [1.807, 2.05) is 0 Å². The second-order valence-electron chi connectivity index (χ2n) is 5.73. The van der Waals surface area contributed by atoms with Crippen LogP contribution in [-0.4, -0.2) is 23.0 Å². The van der Waals surface area contributed by atoms with E-state index < -0.39 is 0 Å². The topological polar surface area (TPSA) is 32.3 Å². The summed E-state index contributed by atoms with van der Waals surface area (Å²) in [6.07, 6.45) is 0. The summed E-state index contributed by atoms with van der Waals surface area (Å²) in [6.45, 7) is 9.01. The summed E-state index contributed by atoms with van der Waals surface area (Å²) in [5.41, 5.74) is 2.71. The lowest BCUT2D eigenvalue weighted by Crippen LogP contribution is -2.34. The fourth-order valence-electron chi connectivity index (χ4n) is 2.00. The van der Waals surface area contributed by atoms with Gasteiger partial charge in [-0.15, -0.1) is 11.8 Å². The number of anilines is 1. The summed E-state index contributed by atoms with van der Waals surface area (Å²) in [7, 11) is 0. The van der Waals surface area contributed by atoms with Crippen LogP contribution in [0.1, 0.15) is 33.3 Å². The minimum Gasteiger partial charge on any atom is -0.395 e. The highest BCUT2D eigenvalue weighted by Gasteiger charge is 2.26. The van der Waals surface area contributed by atoms with Crippen molar-refractivity contribution in [2.24, 2.45) is 0 Å². The van der Waals surface area contributed by atoms with Gasteiger partial charge in [0.2, 0.25) is 0 Å². The molecule has 2 rings (SSSR count). The van der Waals surface area contributed by atoms with Gasteiger partial charge in [0.05, 0.1) is 11.9 Å². The summed E-state index contributed by atoms with van der Waals surface area (Å²) in [5, 5.41) is 13.1. The minimum absolute atomic E-state index is 0.174. The van der Waals surface area contributed by atoms with Crippen molar-refractivity contribution >= 4 is 17.4 Å². The van der Waals surface area contributed by atoms with Crippen molar-refractivity contribution < 1.29 is 5.11 Å². The van der Waals surface area contributed by atoms with Crippen LogP contribution in [0.5, 0.6) is 0 Å². The second kappa shape index (κ2) is 4.54. The summed E-state index contributed by atoms with van der Waals surface area (Å²) in [4.78, 5) is 1.26. The predicted molar refractivity (Wildman–Crippen MR) is 75.0 cm³/mol. The molecule has 1 aliphatic heterocycles. The Kier molecular flexibility index (Phi) is 3.41. The Balaban J connectivity index is 2.34. The Morgan fingerprint density at radius 1 is 1.35 bits per heavy atom. The van der Waals surface area contributed by atoms with Gasteiger partial charge >= 0.3 is 0 Å². The zero-order valence-electron chi connectivity index (χ0n) is 10.9. The van der Waals surface area contributed by atoms with Gasteiger partial charge in [-0.3, -0.25) is 0 Å². The predicted octanol–water partition coefficient (Wildman–Crippen LogP) is 3.25. The van der Waals surface area contributed by atoms with E-state index in [1.165, 1.54) is 16.1 Å². The lowest BCUT2D eigenvalue weighted by atomic mass is 9.87. The van der Waals surface area contributed by atoms with Crippen molar-refractivity contribution in [2.45, 2.75) is 49.3 Å². The highest BCUT2D eigenvalue weighted by molar-refractivity contribution is 8.00. The van der Waals surface area contributed by atoms with E-state index in [2.05, 4.69) is 51.2 Å². The number of fused-ring (bicyclic) bond motifs is 1. The first-order chi connectivity index (χ1) is 7.91. The number of hydrogen-bond acceptors (Lipinski definition) is 3. The van der Waals surface area contributed by atoms with Crippen molar-refractivity contribution in [3.63, 3.8) is 0 Å². The first kappa shape index (κ1) is 12.8. The molecule has 2 atom stereocenters. The number of thioether (sulfide) groups is 1. The van der Waals surface area contributed by atoms with Gasteiger partial charge in [0, 0.05) is 16.6 Å². The summed E-state index contributed by atoms with van der Waals surface area (Å²) in [6, 6.07) is 6.92. The molecule has 0 aliphatic carbocycles. The fraction of sp³-hybridized carbons (Fsp3) is 0.571. The molecule has 94 valence electrons. The quantitative estimate of drug-likeness (QED) is 0.803. The highest BCUT2D eigenvalue weighted by Crippen LogP contribution is 2.39. The van der Waals surface area contributed by atoms with Crippen LogP contribution >= 0.6 is 11.8 Å². The first-order valence-corrected chi connectivity index (χ1v) is 6.98. The van der Waals surface area contributed by atoms with Crippen molar-refractivity contribution in [3.8, 4) is 0 Å². The molecule has 0 saturated carbocycles. The van der Waals surface area contributed by atoms with E-state index in [0.29, 0.717) is 6.04 Å². The highest BCUT2D eigenvalue weighted by atomic mass is 32.2. The maximum absolute atomic E-state index is 9.36. The molecule has 2 unspecified atom stereocenters. The molecule has 1 aromatic carbocycles. The Morgan fingerprint density at radius 3 is 2.65 bits per heavy atom. The van der Waals surface area contributed by atoms with Crippen molar-refractivity contribution in [1.29, 1.82) is 0 Å².